The Morgan fingerprint density at radius 3 is 2.75 bits per heavy atom. The minimum atomic E-state index is -0.348. The molecule has 1 aromatic rings. The first-order chi connectivity index (χ1) is 11.5. The zero-order valence-corrected chi connectivity index (χ0v) is 14.4. The minimum Gasteiger partial charge on any atom is -0.392 e. The highest BCUT2D eigenvalue weighted by Crippen LogP contribution is 2.51. The van der Waals surface area contributed by atoms with Gasteiger partial charge in [0.05, 0.1) is 17.1 Å². The van der Waals surface area contributed by atoms with E-state index in [9.17, 15) is 15.2 Å². The molecule has 1 saturated carbocycles. The van der Waals surface area contributed by atoms with Crippen molar-refractivity contribution in [3.63, 3.8) is 0 Å². The van der Waals surface area contributed by atoms with Gasteiger partial charge in [-0.1, -0.05) is 12.1 Å². The van der Waals surface area contributed by atoms with Gasteiger partial charge in [-0.3, -0.25) is 15.0 Å². The number of ether oxygens (including phenoxy) is 1. The molecule has 24 heavy (non-hydrogen) atoms. The summed E-state index contributed by atoms with van der Waals surface area (Å²) >= 11 is 0. The molecule has 1 aromatic carbocycles. The smallest absolute Gasteiger partial charge is 0.269 e. The lowest BCUT2D eigenvalue weighted by atomic mass is 9.58. The highest BCUT2D eigenvalue weighted by atomic mass is 16.6. The average Bonchev–Trinajstić information content (AvgIpc) is 2.61. The van der Waals surface area contributed by atoms with Gasteiger partial charge >= 0.3 is 0 Å². The summed E-state index contributed by atoms with van der Waals surface area (Å²) in [6.45, 7) is 6.54. The summed E-state index contributed by atoms with van der Waals surface area (Å²) in [5, 5.41) is 21.3. The van der Waals surface area contributed by atoms with E-state index in [0.717, 1.165) is 37.9 Å². The molecule has 2 fully saturated rings. The Labute approximate surface area is 142 Å². The maximum absolute atomic E-state index is 11.0. The van der Waals surface area contributed by atoms with Crippen molar-refractivity contribution in [3.05, 3.63) is 39.9 Å². The van der Waals surface area contributed by atoms with Gasteiger partial charge in [0.1, 0.15) is 0 Å². The number of hydrogen-bond acceptors (Lipinski definition) is 5. The lowest BCUT2D eigenvalue weighted by Gasteiger charge is -2.57. The van der Waals surface area contributed by atoms with E-state index >= 15 is 0 Å². The topological polar surface area (TPSA) is 75.8 Å². The molecule has 6 heteroatoms. The maximum atomic E-state index is 11.0. The zero-order valence-electron chi connectivity index (χ0n) is 14.4. The molecule has 3 rings (SSSR count). The standard InChI is InChI=1S/C18H26N2O4/c1-3-24-17-12-16(21)18(17)7-9-19(10-8-18)13(2)14-5-4-6-15(11-14)20(22)23/h4-6,11,13,16-17,21H,3,7-10,12H2,1-2H3. The molecular formula is C18H26N2O4. The second-order valence-corrected chi connectivity index (χ2v) is 6.99. The Balaban J connectivity index is 1.66. The Morgan fingerprint density at radius 2 is 2.17 bits per heavy atom. The quantitative estimate of drug-likeness (QED) is 0.662. The number of aliphatic hydroxyl groups excluding tert-OH is 1. The SMILES string of the molecule is CCOC1CC(O)C12CCN(C(C)c1cccc([N+](=O)[O-])c1)CC2. The number of non-ortho nitro benzene ring substituents is 1. The van der Waals surface area contributed by atoms with Crippen LogP contribution in [-0.2, 0) is 4.74 Å². The molecule has 132 valence electrons. The fraction of sp³-hybridized carbons (Fsp3) is 0.667. The Bertz CT molecular complexity index is 596. The fourth-order valence-electron chi connectivity index (χ4n) is 4.25. The Hall–Kier alpha value is -1.50. The van der Waals surface area contributed by atoms with Crippen LogP contribution in [0.1, 0.15) is 44.7 Å². The van der Waals surface area contributed by atoms with Crippen LogP contribution in [0, 0.1) is 15.5 Å². The van der Waals surface area contributed by atoms with Crippen LogP contribution in [-0.4, -0.2) is 46.8 Å². The molecule has 1 aliphatic carbocycles. The van der Waals surface area contributed by atoms with Crippen LogP contribution in [0.25, 0.3) is 0 Å². The van der Waals surface area contributed by atoms with Gasteiger partial charge in [0, 0.05) is 36.6 Å². The summed E-state index contributed by atoms with van der Waals surface area (Å²) in [4.78, 5) is 13.0. The molecular weight excluding hydrogens is 308 g/mol. The molecule has 0 amide bonds. The van der Waals surface area contributed by atoms with E-state index in [2.05, 4.69) is 11.8 Å². The third-order valence-electron chi connectivity index (χ3n) is 5.95. The summed E-state index contributed by atoms with van der Waals surface area (Å²) in [6.07, 6.45) is 2.49. The molecule has 0 radical (unpaired) electrons. The second kappa shape index (κ2) is 6.78. The number of rotatable bonds is 5. The lowest BCUT2D eigenvalue weighted by Crippen LogP contribution is -2.62. The summed E-state index contributed by atoms with van der Waals surface area (Å²) in [5.74, 6) is 0. The van der Waals surface area contributed by atoms with Gasteiger partial charge in [0.15, 0.2) is 0 Å². The van der Waals surface area contributed by atoms with Crippen LogP contribution in [0.5, 0.6) is 0 Å². The van der Waals surface area contributed by atoms with E-state index in [4.69, 9.17) is 4.74 Å². The number of aliphatic hydroxyl groups is 1. The normalized spacial score (nSPS) is 27.6. The molecule has 3 unspecified atom stereocenters. The van der Waals surface area contributed by atoms with Crippen molar-refractivity contribution >= 4 is 5.69 Å². The van der Waals surface area contributed by atoms with Gasteiger partial charge in [-0.15, -0.1) is 0 Å². The van der Waals surface area contributed by atoms with E-state index in [1.54, 1.807) is 12.1 Å². The average molecular weight is 334 g/mol. The highest BCUT2D eigenvalue weighted by Gasteiger charge is 2.56. The van der Waals surface area contributed by atoms with Crippen molar-refractivity contribution in [1.29, 1.82) is 0 Å². The zero-order chi connectivity index (χ0) is 17.3. The molecule has 1 spiro atoms. The highest BCUT2D eigenvalue weighted by molar-refractivity contribution is 5.35. The number of hydrogen-bond donors (Lipinski definition) is 1. The Morgan fingerprint density at radius 1 is 1.46 bits per heavy atom. The molecule has 3 atom stereocenters. The van der Waals surface area contributed by atoms with Crippen LogP contribution in [0.2, 0.25) is 0 Å². The van der Waals surface area contributed by atoms with Gasteiger partial charge in [-0.05, 0) is 45.3 Å². The predicted octanol–water partition coefficient (Wildman–Crippen LogP) is 2.91. The molecule has 1 heterocycles. The van der Waals surface area contributed by atoms with E-state index in [-0.39, 0.29) is 34.3 Å². The first-order valence-electron chi connectivity index (χ1n) is 8.76. The molecule has 0 bridgehead atoms. The van der Waals surface area contributed by atoms with Gasteiger partial charge in [0.25, 0.3) is 5.69 Å². The van der Waals surface area contributed by atoms with E-state index in [0.29, 0.717) is 6.61 Å². The van der Waals surface area contributed by atoms with Gasteiger partial charge in [0.2, 0.25) is 0 Å². The third kappa shape index (κ3) is 2.94. The molecule has 2 aliphatic rings. The summed E-state index contributed by atoms with van der Waals surface area (Å²) in [7, 11) is 0. The summed E-state index contributed by atoms with van der Waals surface area (Å²) in [6, 6.07) is 7.01. The van der Waals surface area contributed by atoms with Crippen LogP contribution >= 0.6 is 0 Å². The monoisotopic (exact) mass is 334 g/mol. The third-order valence-corrected chi connectivity index (χ3v) is 5.95. The lowest BCUT2D eigenvalue weighted by molar-refractivity contribution is -0.385. The fourth-order valence-corrected chi connectivity index (χ4v) is 4.25. The number of piperidine rings is 1. The second-order valence-electron chi connectivity index (χ2n) is 6.99. The van der Waals surface area contributed by atoms with Crippen molar-refractivity contribution in [2.45, 2.75) is 51.4 Å². The number of likely N-dealkylation sites (tertiary alicyclic amines) is 1. The number of nitrogens with zero attached hydrogens (tertiary/aromatic N) is 2. The summed E-state index contributed by atoms with van der Waals surface area (Å²) < 4.78 is 5.81. The van der Waals surface area contributed by atoms with Gasteiger partial charge in [-0.25, -0.2) is 0 Å². The predicted molar refractivity (Wildman–Crippen MR) is 90.8 cm³/mol. The van der Waals surface area contributed by atoms with Gasteiger partial charge in [-0.2, -0.15) is 0 Å². The van der Waals surface area contributed by atoms with E-state index in [1.807, 2.05) is 13.0 Å². The minimum absolute atomic E-state index is 0.0884. The largest absolute Gasteiger partial charge is 0.392 e. The Kier molecular flexibility index (Phi) is 4.90. The molecule has 1 saturated heterocycles. The van der Waals surface area contributed by atoms with Crippen molar-refractivity contribution < 1.29 is 14.8 Å². The van der Waals surface area contributed by atoms with Crippen LogP contribution in [0.15, 0.2) is 24.3 Å². The van der Waals surface area contributed by atoms with Crippen LogP contribution in [0.3, 0.4) is 0 Å². The van der Waals surface area contributed by atoms with Crippen molar-refractivity contribution in [3.8, 4) is 0 Å². The molecule has 0 aromatic heterocycles. The van der Waals surface area contributed by atoms with Crippen molar-refractivity contribution in [2.24, 2.45) is 5.41 Å². The van der Waals surface area contributed by atoms with E-state index in [1.165, 1.54) is 6.07 Å². The van der Waals surface area contributed by atoms with Crippen molar-refractivity contribution in [1.82, 2.24) is 4.90 Å². The number of benzene rings is 1. The van der Waals surface area contributed by atoms with Crippen LogP contribution in [0.4, 0.5) is 5.69 Å². The number of nitro groups is 1. The summed E-state index contributed by atoms with van der Waals surface area (Å²) in [5.41, 5.74) is 1.02. The maximum Gasteiger partial charge on any atom is 0.269 e. The van der Waals surface area contributed by atoms with Gasteiger partial charge < -0.3 is 9.84 Å². The first-order valence-corrected chi connectivity index (χ1v) is 8.76. The number of nitro benzene ring substituents is 1. The first kappa shape index (κ1) is 17.3. The molecule has 6 nitrogen and oxygen atoms in total. The molecule has 1 N–H and O–H groups in total. The van der Waals surface area contributed by atoms with E-state index < -0.39 is 0 Å². The van der Waals surface area contributed by atoms with Crippen LogP contribution < -0.4 is 0 Å². The molecule has 1 aliphatic heterocycles. The van der Waals surface area contributed by atoms with Crippen molar-refractivity contribution in [2.75, 3.05) is 19.7 Å².